The second-order valence-corrected chi connectivity index (χ2v) is 27.1. The van der Waals surface area contributed by atoms with Gasteiger partial charge in [0.25, 0.3) is 7.82 Å². The Morgan fingerprint density at radius 1 is 0.424 bits per heavy atom. The second kappa shape index (κ2) is 64.4. The number of nitrogens with zero attached hydrogens (tertiary/aromatic N) is 1. The summed E-state index contributed by atoms with van der Waals surface area (Å²) in [6, 6.07) is -0.892. The third kappa shape index (κ3) is 65.7. The lowest BCUT2D eigenvalue weighted by atomic mass is 10.0. The summed E-state index contributed by atoms with van der Waals surface area (Å²) < 4.78 is 30.4. The molecule has 0 rings (SSSR count). The fraction of sp³-hybridized carbons (Fsp3) is 0.813. The third-order valence-corrected chi connectivity index (χ3v) is 17.1. The highest BCUT2D eigenvalue weighted by Gasteiger charge is 2.27. The normalized spacial score (nSPS) is 13.9. The summed E-state index contributed by atoms with van der Waals surface area (Å²) in [5, 5.41) is 3.05. The van der Waals surface area contributed by atoms with E-state index in [0.717, 1.165) is 103 Å². The van der Waals surface area contributed by atoms with E-state index in [-0.39, 0.29) is 31.5 Å². The molecule has 1 N–H and O–H groups in total. The Morgan fingerprint density at radius 3 is 1.13 bits per heavy atom. The molecule has 496 valence electrons. The summed E-state index contributed by atoms with van der Waals surface area (Å²) in [5.74, 6) is -0.536. The molecule has 0 saturated carbocycles. The van der Waals surface area contributed by atoms with E-state index in [1.807, 2.05) is 33.3 Å². The molecule has 0 aromatic rings. The first-order valence-corrected chi connectivity index (χ1v) is 37.7. The number of amides is 1. The Balaban J connectivity index is 5.00. The lowest BCUT2D eigenvalue weighted by molar-refractivity contribution is -0.870. The molecule has 0 aromatic heterocycles. The molecule has 85 heavy (non-hydrogen) atoms. The van der Waals surface area contributed by atoms with E-state index in [1.165, 1.54) is 205 Å². The maximum atomic E-state index is 13.6. The highest BCUT2D eigenvalue weighted by atomic mass is 31.2. The van der Waals surface area contributed by atoms with Crippen LogP contribution in [0.15, 0.2) is 72.9 Å². The minimum atomic E-state index is -4.71. The van der Waals surface area contributed by atoms with Gasteiger partial charge >= 0.3 is 5.97 Å². The van der Waals surface area contributed by atoms with Crippen molar-refractivity contribution >= 4 is 19.7 Å². The molecule has 0 fully saturated rings. The average molecular weight is 1210 g/mol. The number of phosphoric acid groups is 1. The summed E-state index contributed by atoms with van der Waals surface area (Å²) in [4.78, 5) is 40.2. The van der Waals surface area contributed by atoms with E-state index in [1.54, 1.807) is 0 Å². The number of carbonyl (C=O) groups is 2. The molecule has 1 amide bonds. The number of unbranched alkanes of at least 4 members (excludes halogenated alkanes) is 40. The molecule has 0 radical (unpaired) electrons. The van der Waals surface area contributed by atoms with E-state index in [4.69, 9.17) is 13.8 Å². The number of hydrogen-bond acceptors (Lipinski definition) is 7. The largest absolute Gasteiger partial charge is 0.756 e. The van der Waals surface area contributed by atoms with Crippen molar-refractivity contribution in [1.29, 1.82) is 0 Å². The zero-order valence-corrected chi connectivity index (χ0v) is 57.7. The quantitative estimate of drug-likeness (QED) is 0.0212. The van der Waals surface area contributed by atoms with Gasteiger partial charge in [0.05, 0.1) is 33.8 Å². The van der Waals surface area contributed by atoms with Crippen molar-refractivity contribution in [2.24, 2.45) is 0 Å². The molecule has 10 heteroatoms. The molecule has 0 heterocycles. The fourth-order valence-electron chi connectivity index (χ4n) is 10.6. The van der Waals surface area contributed by atoms with Gasteiger partial charge in [0.1, 0.15) is 19.3 Å². The number of allylic oxidation sites excluding steroid dienone is 11. The Labute approximate surface area is 527 Å². The maximum Gasteiger partial charge on any atom is 0.306 e. The number of nitrogens with one attached hydrogen (secondary N) is 1. The van der Waals surface area contributed by atoms with Crippen LogP contribution in [0.2, 0.25) is 0 Å². The number of ether oxygens (including phenoxy) is 1. The van der Waals surface area contributed by atoms with Crippen LogP contribution in [0.5, 0.6) is 0 Å². The van der Waals surface area contributed by atoms with Crippen molar-refractivity contribution in [3.63, 3.8) is 0 Å². The van der Waals surface area contributed by atoms with Crippen molar-refractivity contribution in [3.8, 4) is 0 Å². The van der Waals surface area contributed by atoms with Gasteiger partial charge < -0.3 is 28.5 Å². The monoisotopic (exact) mass is 1210 g/mol. The van der Waals surface area contributed by atoms with Crippen LogP contribution in [-0.2, 0) is 27.9 Å². The smallest absolute Gasteiger partial charge is 0.306 e. The van der Waals surface area contributed by atoms with Crippen LogP contribution in [0.4, 0.5) is 0 Å². The molecule has 0 aliphatic rings. The van der Waals surface area contributed by atoms with E-state index < -0.39 is 20.0 Å². The van der Waals surface area contributed by atoms with Gasteiger partial charge in [-0.2, -0.15) is 0 Å². The van der Waals surface area contributed by atoms with Gasteiger partial charge in [0.2, 0.25) is 5.91 Å². The number of carbonyl (C=O) groups excluding carboxylic acids is 2. The van der Waals surface area contributed by atoms with Crippen molar-refractivity contribution in [3.05, 3.63) is 72.9 Å². The van der Waals surface area contributed by atoms with Gasteiger partial charge in [0, 0.05) is 12.8 Å². The zero-order chi connectivity index (χ0) is 62.1. The average Bonchev–Trinajstić information content (AvgIpc) is 3.58. The Bertz CT molecular complexity index is 1680. The van der Waals surface area contributed by atoms with Gasteiger partial charge in [-0.1, -0.05) is 325 Å². The lowest BCUT2D eigenvalue weighted by Gasteiger charge is -2.30. The third-order valence-electron chi connectivity index (χ3n) is 16.2. The summed E-state index contributed by atoms with van der Waals surface area (Å²) in [7, 11) is 1.19. The lowest BCUT2D eigenvalue weighted by Crippen LogP contribution is -2.47. The first kappa shape index (κ1) is 82.5. The van der Waals surface area contributed by atoms with Crippen LogP contribution in [0.25, 0.3) is 0 Å². The van der Waals surface area contributed by atoms with Crippen LogP contribution in [0.1, 0.15) is 342 Å². The Morgan fingerprint density at radius 2 is 0.753 bits per heavy atom. The summed E-state index contributed by atoms with van der Waals surface area (Å²) in [6.07, 6.45) is 84.6. The first-order chi connectivity index (χ1) is 41.4. The number of hydrogen-bond donors (Lipinski definition) is 1. The maximum absolute atomic E-state index is 13.6. The Kier molecular flexibility index (Phi) is 62.5. The molecular weight excluding hydrogens is 1070 g/mol. The van der Waals surface area contributed by atoms with E-state index in [2.05, 4.69) is 86.8 Å². The zero-order valence-electron chi connectivity index (χ0n) is 56.8. The van der Waals surface area contributed by atoms with Gasteiger partial charge in [-0.3, -0.25) is 14.2 Å². The van der Waals surface area contributed by atoms with Gasteiger partial charge in [-0.15, -0.1) is 0 Å². The minimum absolute atomic E-state index is 0.0235. The fourth-order valence-corrected chi connectivity index (χ4v) is 11.3. The number of likely N-dealkylation sites (N-methyl/N-ethyl adjacent to an activating group) is 1. The van der Waals surface area contributed by atoms with Crippen LogP contribution < -0.4 is 10.2 Å². The standard InChI is InChI=1S/C75H139N2O7P/c1-7-10-13-16-19-22-25-27-29-31-33-35-37-38-40-42-44-46-48-50-53-56-59-62-65-68-75(79)84-73(66-63-60-57-54-51-24-21-18-15-12-9-3)72(71-83-85(80,81)82-70-69-77(4,5)6)76-74(78)67-64-61-58-55-52-49-47-45-43-41-39-36-34-32-30-28-26-23-20-17-14-11-8-2/h10,13,19,22,27,29,33,35,38,40,63,66,72-73H,7-9,11-12,14-18,20-21,23-26,28,30-32,34,36-37,39,41-62,64-65,67-71H2,1-6H3,(H-,76,78,80,81)/b13-10-,22-19-,29-27-,35-33-,40-38-,66-63+. The number of esters is 1. The topological polar surface area (TPSA) is 114 Å². The highest BCUT2D eigenvalue weighted by molar-refractivity contribution is 7.45. The van der Waals surface area contributed by atoms with E-state index >= 15 is 0 Å². The van der Waals surface area contributed by atoms with Crippen molar-refractivity contribution in [1.82, 2.24) is 5.32 Å². The second-order valence-electron chi connectivity index (χ2n) is 25.7. The number of phosphoric ester groups is 1. The van der Waals surface area contributed by atoms with Gasteiger partial charge in [0.15, 0.2) is 0 Å². The van der Waals surface area contributed by atoms with E-state index in [9.17, 15) is 19.0 Å². The molecule has 0 aliphatic heterocycles. The first-order valence-electron chi connectivity index (χ1n) is 36.2. The molecule has 0 aliphatic carbocycles. The van der Waals surface area contributed by atoms with Crippen LogP contribution >= 0.6 is 7.82 Å². The summed E-state index contributed by atoms with van der Waals surface area (Å²) in [5.41, 5.74) is 0. The SMILES string of the molecule is CC/C=C\C/C=C\C/C=C\C/C=C\C/C=C\CCCCCCCCCCCC(=O)OC(/C=C/CCCCCCCCCCC)C(COP(=O)([O-])OCC[N+](C)(C)C)NC(=O)CCCCCCCCCCCCCCCCCCCCCCCCC. The van der Waals surface area contributed by atoms with Crippen LogP contribution in [0, 0.1) is 0 Å². The van der Waals surface area contributed by atoms with Crippen molar-refractivity contribution < 1.29 is 37.3 Å². The molecule has 0 aromatic carbocycles. The Hall–Kier alpha value is -2.55. The van der Waals surface area contributed by atoms with Crippen molar-refractivity contribution in [2.75, 3.05) is 40.9 Å². The molecule has 3 atom stereocenters. The molecule has 0 bridgehead atoms. The van der Waals surface area contributed by atoms with E-state index in [0.29, 0.717) is 17.4 Å². The van der Waals surface area contributed by atoms with Crippen LogP contribution in [-0.4, -0.2) is 69.4 Å². The predicted octanol–water partition coefficient (Wildman–Crippen LogP) is 22.5. The van der Waals surface area contributed by atoms with Crippen LogP contribution in [0.3, 0.4) is 0 Å². The predicted molar refractivity (Wildman–Crippen MR) is 367 cm³/mol. The molecule has 0 spiro atoms. The molecule has 0 saturated heterocycles. The van der Waals surface area contributed by atoms with Gasteiger partial charge in [-0.05, 0) is 76.7 Å². The summed E-state index contributed by atoms with van der Waals surface area (Å²) in [6.45, 7) is 6.77. The molecular formula is C75H139N2O7P. The minimum Gasteiger partial charge on any atom is -0.756 e. The number of quaternary nitrogens is 1. The van der Waals surface area contributed by atoms with Gasteiger partial charge in [-0.25, -0.2) is 0 Å². The number of rotatable bonds is 66. The highest BCUT2D eigenvalue weighted by Crippen LogP contribution is 2.38. The van der Waals surface area contributed by atoms with Crippen molar-refractivity contribution in [2.45, 2.75) is 354 Å². The molecule has 9 nitrogen and oxygen atoms in total. The molecule has 3 unspecified atom stereocenters. The summed E-state index contributed by atoms with van der Waals surface area (Å²) >= 11 is 0.